The van der Waals surface area contributed by atoms with Crippen LogP contribution in [0, 0.1) is 13.8 Å². The van der Waals surface area contributed by atoms with Gasteiger partial charge in [0.25, 0.3) is 0 Å². The van der Waals surface area contributed by atoms with E-state index in [1.807, 2.05) is 12.1 Å². The number of aryl methyl sites for hydroxylation is 2. The van der Waals surface area contributed by atoms with Crippen molar-refractivity contribution in [3.05, 3.63) is 40.4 Å². The van der Waals surface area contributed by atoms with E-state index >= 15 is 0 Å². The molecule has 1 N–H and O–H groups in total. The molecule has 0 aromatic carbocycles. The lowest BCUT2D eigenvalue weighted by molar-refractivity contribution is 0.0331. The first-order valence-electron chi connectivity index (χ1n) is 10.0. The topological polar surface area (TPSA) is 66.7 Å². The van der Waals surface area contributed by atoms with Crippen LogP contribution in [-0.2, 0) is 11.3 Å². The number of fused-ring (bicyclic) bond motifs is 1. The summed E-state index contributed by atoms with van der Waals surface area (Å²) in [5, 5.41) is 4.73. The SMILES string of the molecule is Cc1sc2nc(CN3CCOCC3)nc(NCC(c3ccco3)N(C)C)c2c1C. The second kappa shape index (κ2) is 8.79. The number of rotatable bonds is 7. The second-order valence-electron chi connectivity index (χ2n) is 7.72. The summed E-state index contributed by atoms with van der Waals surface area (Å²) in [5.74, 6) is 2.72. The Hall–Kier alpha value is -2.00. The smallest absolute Gasteiger partial charge is 0.146 e. The van der Waals surface area contributed by atoms with Crippen LogP contribution in [0.5, 0.6) is 0 Å². The molecule has 3 aromatic rings. The lowest BCUT2D eigenvalue weighted by atomic mass is 10.2. The lowest BCUT2D eigenvalue weighted by Crippen LogP contribution is -2.36. The molecular formula is C21H29N5O2S. The normalized spacial score (nSPS) is 16.6. The maximum atomic E-state index is 5.65. The summed E-state index contributed by atoms with van der Waals surface area (Å²) in [5.41, 5.74) is 1.25. The van der Waals surface area contributed by atoms with Crippen LogP contribution in [0.4, 0.5) is 5.82 Å². The van der Waals surface area contributed by atoms with E-state index in [2.05, 4.69) is 43.1 Å². The van der Waals surface area contributed by atoms with Gasteiger partial charge < -0.3 is 14.5 Å². The van der Waals surface area contributed by atoms with Gasteiger partial charge in [0.15, 0.2) is 0 Å². The number of morpholine rings is 1. The van der Waals surface area contributed by atoms with Crippen LogP contribution in [0.15, 0.2) is 22.8 Å². The molecule has 4 heterocycles. The van der Waals surface area contributed by atoms with Crippen molar-refractivity contribution in [3.8, 4) is 0 Å². The van der Waals surface area contributed by atoms with Crippen molar-refractivity contribution in [1.29, 1.82) is 0 Å². The van der Waals surface area contributed by atoms with Gasteiger partial charge in [-0.2, -0.15) is 0 Å². The van der Waals surface area contributed by atoms with Crippen LogP contribution >= 0.6 is 11.3 Å². The molecule has 3 aromatic heterocycles. The fourth-order valence-electron chi connectivity index (χ4n) is 3.66. The van der Waals surface area contributed by atoms with Crippen molar-refractivity contribution in [2.45, 2.75) is 26.4 Å². The number of furan rings is 1. The quantitative estimate of drug-likeness (QED) is 0.634. The van der Waals surface area contributed by atoms with Crippen LogP contribution in [0.3, 0.4) is 0 Å². The number of anilines is 1. The van der Waals surface area contributed by atoms with Crippen LogP contribution in [0.25, 0.3) is 10.2 Å². The van der Waals surface area contributed by atoms with E-state index in [4.69, 9.17) is 19.1 Å². The molecule has 29 heavy (non-hydrogen) atoms. The lowest BCUT2D eigenvalue weighted by Gasteiger charge is -2.26. The standard InChI is InChI=1S/C21H29N5O2S/c1-14-15(2)29-21-19(14)20(22-12-16(25(3)4)17-6-5-9-28-17)23-18(24-21)13-26-7-10-27-11-8-26/h5-6,9,16H,7-8,10-13H2,1-4H3,(H,22,23,24). The number of likely N-dealkylation sites (N-methyl/N-ethyl adjacent to an activating group) is 1. The Balaban J connectivity index is 1.62. The molecule has 0 bridgehead atoms. The average Bonchev–Trinajstić information content (AvgIpc) is 3.31. The van der Waals surface area contributed by atoms with Gasteiger partial charge >= 0.3 is 0 Å². The van der Waals surface area contributed by atoms with Crippen LogP contribution in [0.2, 0.25) is 0 Å². The second-order valence-corrected chi connectivity index (χ2v) is 8.92. The maximum Gasteiger partial charge on any atom is 0.146 e. The van der Waals surface area contributed by atoms with Gasteiger partial charge in [0.2, 0.25) is 0 Å². The predicted molar refractivity (Wildman–Crippen MR) is 117 cm³/mol. The minimum Gasteiger partial charge on any atom is -0.468 e. The highest BCUT2D eigenvalue weighted by molar-refractivity contribution is 7.18. The molecule has 0 aliphatic carbocycles. The Bertz CT molecular complexity index is 948. The van der Waals surface area contributed by atoms with Crippen molar-refractivity contribution >= 4 is 27.4 Å². The van der Waals surface area contributed by atoms with Crippen molar-refractivity contribution in [2.75, 3.05) is 52.3 Å². The Labute approximate surface area is 175 Å². The number of thiophene rings is 1. The number of ether oxygens (including phenoxy) is 1. The molecule has 1 atom stereocenters. The van der Waals surface area contributed by atoms with E-state index in [1.54, 1.807) is 17.6 Å². The summed E-state index contributed by atoms with van der Waals surface area (Å²) in [6.45, 7) is 9.16. The molecular weight excluding hydrogens is 386 g/mol. The Morgan fingerprint density at radius 3 is 2.72 bits per heavy atom. The zero-order valence-corrected chi connectivity index (χ0v) is 18.4. The van der Waals surface area contributed by atoms with E-state index in [1.165, 1.54) is 10.4 Å². The third-order valence-electron chi connectivity index (χ3n) is 5.50. The predicted octanol–water partition coefficient (Wildman–Crippen LogP) is 3.45. The molecule has 0 spiro atoms. The minimum absolute atomic E-state index is 0.123. The molecule has 1 aliphatic heterocycles. The summed E-state index contributed by atoms with van der Waals surface area (Å²) >= 11 is 1.74. The van der Waals surface area contributed by atoms with Gasteiger partial charge in [-0.1, -0.05) is 0 Å². The maximum absolute atomic E-state index is 5.65. The van der Waals surface area contributed by atoms with E-state index in [0.717, 1.165) is 60.5 Å². The molecule has 4 rings (SSSR count). The van der Waals surface area contributed by atoms with Gasteiger partial charge in [-0.3, -0.25) is 9.80 Å². The first-order chi connectivity index (χ1) is 14.0. The summed E-state index contributed by atoms with van der Waals surface area (Å²) in [7, 11) is 4.13. The highest BCUT2D eigenvalue weighted by atomic mass is 32.1. The van der Waals surface area contributed by atoms with Crippen LogP contribution in [0.1, 0.15) is 28.1 Å². The fourth-order valence-corrected chi connectivity index (χ4v) is 4.71. The third kappa shape index (κ3) is 4.45. The molecule has 1 fully saturated rings. The number of nitrogens with zero attached hydrogens (tertiary/aromatic N) is 4. The van der Waals surface area contributed by atoms with Crippen molar-refractivity contribution in [2.24, 2.45) is 0 Å². The molecule has 0 radical (unpaired) electrons. The van der Waals surface area contributed by atoms with Crippen molar-refractivity contribution in [1.82, 2.24) is 19.8 Å². The van der Waals surface area contributed by atoms with Gasteiger partial charge in [0.1, 0.15) is 22.2 Å². The van der Waals surface area contributed by atoms with Gasteiger partial charge in [-0.05, 0) is 45.6 Å². The number of nitrogens with one attached hydrogen (secondary N) is 1. The Morgan fingerprint density at radius 1 is 1.24 bits per heavy atom. The van der Waals surface area contributed by atoms with Crippen molar-refractivity contribution < 1.29 is 9.15 Å². The first kappa shape index (κ1) is 20.3. The van der Waals surface area contributed by atoms with Crippen molar-refractivity contribution in [3.63, 3.8) is 0 Å². The van der Waals surface area contributed by atoms with Gasteiger partial charge in [-0.25, -0.2) is 9.97 Å². The molecule has 156 valence electrons. The van der Waals surface area contributed by atoms with Crippen LogP contribution < -0.4 is 5.32 Å². The highest BCUT2D eigenvalue weighted by Crippen LogP contribution is 2.34. The number of aromatic nitrogens is 2. The Kier molecular flexibility index (Phi) is 6.15. The number of hydrogen-bond acceptors (Lipinski definition) is 8. The molecule has 1 saturated heterocycles. The van der Waals surface area contributed by atoms with Crippen LogP contribution in [-0.4, -0.2) is 66.7 Å². The highest BCUT2D eigenvalue weighted by Gasteiger charge is 2.21. The third-order valence-corrected chi connectivity index (χ3v) is 6.60. The molecule has 1 aliphatic rings. The first-order valence-corrected chi connectivity index (χ1v) is 10.8. The summed E-state index contributed by atoms with van der Waals surface area (Å²) in [6.07, 6.45) is 1.72. The zero-order valence-electron chi connectivity index (χ0n) is 17.6. The van der Waals surface area contributed by atoms with Gasteiger partial charge in [0.05, 0.1) is 37.4 Å². The molecule has 0 saturated carbocycles. The molecule has 8 heteroatoms. The monoisotopic (exact) mass is 415 g/mol. The zero-order chi connectivity index (χ0) is 20.4. The average molecular weight is 416 g/mol. The summed E-state index contributed by atoms with van der Waals surface area (Å²) in [6, 6.07) is 4.07. The van der Waals surface area contributed by atoms with E-state index in [9.17, 15) is 0 Å². The largest absolute Gasteiger partial charge is 0.468 e. The minimum atomic E-state index is 0.123. The van der Waals surface area contributed by atoms with E-state index in [-0.39, 0.29) is 6.04 Å². The molecule has 0 amide bonds. The van der Waals surface area contributed by atoms with Gasteiger partial charge in [0, 0.05) is 24.5 Å². The molecule has 1 unspecified atom stereocenters. The van der Waals surface area contributed by atoms with E-state index in [0.29, 0.717) is 6.54 Å². The molecule has 7 nitrogen and oxygen atoms in total. The number of hydrogen-bond donors (Lipinski definition) is 1. The summed E-state index contributed by atoms with van der Waals surface area (Å²) in [4.78, 5) is 16.7. The van der Waals surface area contributed by atoms with Gasteiger partial charge in [-0.15, -0.1) is 11.3 Å². The fraction of sp³-hybridized carbons (Fsp3) is 0.524. The summed E-state index contributed by atoms with van der Waals surface area (Å²) < 4.78 is 11.1. The Morgan fingerprint density at radius 2 is 2.03 bits per heavy atom. The van der Waals surface area contributed by atoms with E-state index < -0.39 is 0 Å².